The molecule has 6 heteroatoms. The van der Waals surface area contributed by atoms with Gasteiger partial charge in [-0.3, -0.25) is 0 Å². The van der Waals surface area contributed by atoms with Crippen molar-refractivity contribution in [1.82, 2.24) is 9.88 Å². The summed E-state index contributed by atoms with van der Waals surface area (Å²) in [5.41, 5.74) is 1.68. The lowest BCUT2D eigenvalue weighted by atomic mass is 10.1. The number of amides is 1. The van der Waals surface area contributed by atoms with Crippen molar-refractivity contribution >= 4 is 34.3 Å². The zero-order valence-electron chi connectivity index (χ0n) is 13.7. The molecule has 0 saturated carbocycles. The minimum Gasteiger partial charge on any atom is -0.444 e. The molecule has 1 amide bonds. The second-order valence-electron chi connectivity index (χ2n) is 6.79. The number of aromatic amines is 1. The molecule has 0 unspecified atom stereocenters. The summed E-state index contributed by atoms with van der Waals surface area (Å²) in [6.45, 7) is 8.47. The van der Waals surface area contributed by atoms with Crippen LogP contribution in [0.5, 0.6) is 0 Å². The molecule has 1 aromatic heterocycles. The second-order valence-corrected chi connectivity index (χ2v) is 7.20. The van der Waals surface area contributed by atoms with Crippen LogP contribution in [-0.2, 0) is 4.74 Å². The molecule has 124 valence electrons. The van der Waals surface area contributed by atoms with Gasteiger partial charge in [0.25, 0.3) is 0 Å². The quantitative estimate of drug-likeness (QED) is 0.860. The number of anilines is 1. The van der Waals surface area contributed by atoms with E-state index in [1.807, 2.05) is 39.1 Å². The monoisotopic (exact) mass is 335 g/mol. The molecule has 0 spiro atoms. The predicted molar refractivity (Wildman–Crippen MR) is 93.3 cm³/mol. The lowest BCUT2D eigenvalue weighted by Crippen LogP contribution is -2.50. The highest BCUT2D eigenvalue weighted by Crippen LogP contribution is 2.33. The maximum absolute atomic E-state index is 12.1. The van der Waals surface area contributed by atoms with E-state index in [1.54, 1.807) is 4.90 Å². The number of fused-ring (bicyclic) bond motifs is 1. The smallest absolute Gasteiger partial charge is 0.410 e. The Hall–Kier alpha value is -1.88. The molecule has 0 bridgehead atoms. The maximum atomic E-state index is 12.1. The average molecular weight is 336 g/mol. The van der Waals surface area contributed by atoms with E-state index >= 15 is 0 Å². The molecule has 5 nitrogen and oxygen atoms in total. The summed E-state index contributed by atoms with van der Waals surface area (Å²) in [6, 6.07) is 6.11. The number of nitrogens with one attached hydrogen (secondary N) is 1. The van der Waals surface area contributed by atoms with Crippen molar-refractivity contribution in [3.63, 3.8) is 0 Å². The zero-order chi connectivity index (χ0) is 16.6. The van der Waals surface area contributed by atoms with Crippen molar-refractivity contribution in [2.75, 3.05) is 31.1 Å². The average Bonchev–Trinajstić information content (AvgIpc) is 2.87. The number of halogens is 1. The number of benzene rings is 1. The van der Waals surface area contributed by atoms with Crippen LogP contribution in [0.25, 0.3) is 10.9 Å². The first kappa shape index (κ1) is 16.0. The lowest BCUT2D eigenvalue weighted by molar-refractivity contribution is 0.0241. The minimum absolute atomic E-state index is 0.241. The van der Waals surface area contributed by atoms with Crippen LogP contribution in [0.3, 0.4) is 0 Å². The first-order chi connectivity index (χ1) is 10.8. The number of piperazine rings is 1. The van der Waals surface area contributed by atoms with Crippen LogP contribution < -0.4 is 4.90 Å². The van der Waals surface area contributed by atoms with Crippen molar-refractivity contribution < 1.29 is 9.53 Å². The Morgan fingerprint density at radius 1 is 1.22 bits per heavy atom. The summed E-state index contributed by atoms with van der Waals surface area (Å²) in [7, 11) is 0. The largest absolute Gasteiger partial charge is 0.444 e. The molecular weight excluding hydrogens is 314 g/mol. The summed E-state index contributed by atoms with van der Waals surface area (Å²) in [5.74, 6) is 0. The van der Waals surface area contributed by atoms with Crippen molar-refractivity contribution in [3.8, 4) is 0 Å². The number of nitrogens with zero attached hydrogens (tertiary/aromatic N) is 2. The molecule has 0 radical (unpaired) electrons. The normalized spacial score (nSPS) is 16.0. The van der Waals surface area contributed by atoms with Crippen LogP contribution in [0, 0.1) is 0 Å². The van der Waals surface area contributed by atoms with E-state index in [1.165, 1.54) is 0 Å². The van der Waals surface area contributed by atoms with E-state index in [-0.39, 0.29) is 6.09 Å². The third-order valence-electron chi connectivity index (χ3n) is 3.91. The molecule has 1 aromatic carbocycles. The van der Waals surface area contributed by atoms with Crippen molar-refractivity contribution in [1.29, 1.82) is 0 Å². The van der Waals surface area contributed by atoms with Gasteiger partial charge in [-0.05, 0) is 32.9 Å². The highest BCUT2D eigenvalue weighted by molar-refractivity contribution is 6.36. The Bertz CT molecular complexity index is 712. The summed E-state index contributed by atoms with van der Waals surface area (Å²) >= 11 is 6.31. The van der Waals surface area contributed by atoms with Gasteiger partial charge in [-0.25, -0.2) is 4.79 Å². The lowest BCUT2D eigenvalue weighted by Gasteiger charge is -2.37. The van der Waals surface area contributed by atoms with E-state index in [4.69, 9.17) is 16.3 Å². The van der Waals surface area contributed by atoms with Crippen LogP contribution in [-0.4, -0.2) is 47.8 Å². The number of hydrogen-bond acceptors (Lipinski definition) is 3. The number of carbonyl (C=O) groups is 1. The second kappa shape index (κ2) is 5.96. The highest BCUT2D eigenvalue weighted by atomic mass is 35.5. The van der Waals surface area contributed by atoms with Crippen LogP contribution >= 0.6 is 11.6 Å². The van der Waals surface area contributed by atoms with Gasteiger partial charge in [0.2, 0.25) is 0 Å². The Morgan fingerprint density at radius 2 is 1.91 bits per heavy atom. The number of H-pyrrole nitrogens is 1. The molecule has 1 saturated heterocycles. The Balaban J connectivity index is 1.71. The van der Waals surface area contributed by atoms with Gasteiger partial charge in [0.05, 0.1) is 5.02 Å². The van der Waals surface area contributed by atoms with Crippen LogP contribution in [0.2, 0.25) is 5.02 Å². The van der Waals surface area contributed by atoms with Gasteiger partial charge < -0.3 is 19.5 Å². The molecule has 2 aromatic rings. The Labute approximate surface area is 141 Å². The zero-order valence-corrected chi connectivity index (χ0v) is 14.5. The van der Waals surface area contributed by atoms with Crippen molar-refractivity contribution in [2.24, 2.45) is 0 Å². The standard InChI is InChI=1S/C17H22ClN3O2/c1-17(2,3)23-16(22)21-9-7-20(8-10-21)14-6-4-5-13-15(14)12(18)11-19-13/h4-6,11,19H,7-10H2,1-3H3. The predicted octanol–water partition coefficient (Wildman–Crippen LogP) is 3.88. The highest BCUT2D eigenvalue weighted by Gasteiger charge is 2.26. The van der Waals surface area contributed by atoms with Gasteiger partial charge >= 0.3 is 6.09 Å². The van der Waals surface area contributed by atoms with Gasteiger partial charge in [0.1, 0.15) is 5.60 Å². The molecule has 23 heavy (non-hydrogen) atoms. The first-order valence-electron chi connectivity index (χ1n) is 7.83. The number of rotatable bonds is 1. The fourth-order valence-corrected chi connectivity index (χ4v) is 3.10. The molecule has 0 aliphatic carbocycles. The molecule has 0 atom stereocenters. The van der Waals surface area contributed by atoms with E-state index in [0.29, 0.717) is 13.1 Å². The third-order valence-corrected chi connectivity index (χ3v) is 4.21. The summed E-state index contributed by atoms with van der Waals surface area (Å²) in [5, 5.41) is 1.77. The van der Waals surface area contributed by atoms with Crippen molar-refractivity contribution in [3.05, 3.63) is 29.4 Å². The molecule has 1 fully saturated rings. The minimum atomic E-state index is -0.460. The summed E-state index contributed by atoms with van der Waals surface area (Å²) < 4.78 is 5.44. The van der Waals surface area contributed by atoms with E-state index in [0.717, 1.165) is 34.7 Å². The Kier molecular flexibility index (Phi) is 4.15. The summed E-state index contributed by atoms with van der Waals surface area (Å²) in [4.78, 5) is 19.3. The third kappa shape index (κ3) is 3.39. The van der Waals surface area contributed by atoms with Gasteiger partial charge in [-0.1, -0.05) is 17.7 Å². The van der Waals surface area contributed by atoms with E-state index < -0.39 is 5.60 Å². The molecule has 2 heterocycles. The number of aromatic nitrogens is 1. The van der Waals surface area contributed by atoms with Gasteiger partial charge in [0.15, 0.2) is 0 Å². The molecule has 1 aliphatic heterocycles. The topological polar surface area (TPSA) is 48.6 Å². The summed E-state index contributed by atoms with van der Waals surface area (Å²) in [6.07, 6.45) is 1.57. The van der Waals surface area contributed by atoms with Crippen LogP contribution in [0.1, 0.15) is 20.8 Å². The van der Waals surface area contributed by atoms with Crippen LogP contribution in [0.15, 0.2) is 24.4 Å². The molecule has 3 rings (SSSR count). The van der Waals surface area contributed by atoms with E-state index in [9.17, 15) is 4.79 Å². The molecule has 1 N–H and O–H groups in total. The number of carbonyl (C=O) groups excluding carboxylic acids is 1. The van der Waals surface area contributed by atoms with Crippen molar-refractivity contribution in [2.45, 2.75) is 26.4 Å². The maximum Gasteiger partial charge on any atom is 0.410 e. The number of ether oxygens (including phenoxy) is 1. The molecule has 1 aliphatic rings. The van der Waals surface area contributed by atoms with Gasteiger partial charge in [-0.15, -0.1) is 0 Å². The SMILES string of the molecule is CC(C)(C)OC(=O)N1CCN(c2cccc3[nH]cc(Cl)c23)CC1. The first-order valence-corrected chi connectivity index (χ1v) is 8.21. The van der Waals surface area contributed by atoms with Crippen LogP contribution in [0.4, 0.5) is 10.5 Å². The fraction of sp³-hybridized carbons (Fsp3) is 0.471. The fourth-order valence-electron chi connectivity index (χ4n) is 2.84. The number of hydrogen-bond donors (Lipinski definition) is 1. The Morgan fingerprint density at radius 3 is 2.57 bits per heavy atom. The van der Waals surface area contributed by atoms with E-state index in [2.05, 4.69) is 16.0 Å². The van der Waals surface area contributed by atoms with Gasteiger partial charge in [-0.2, -0.15) is 0 Å². The van der Waals surface area contributed by atoms with Gasteiger partial charge in [0, 0.05) is 49.0 Å². The molecular formula is C17H22ClN3O2.